The van der Waals surface area contributed by atoms with E-state index in [4.69, 9.17) is 4.52 Å². The van der Waals surface area contributed by atoms with E-state index in [1.807, 2.05) is 42.5 Å². The maximum absolute atomic E-state index is 12.2. The van der Waals surface area contributed by atoms with Crippen molar-refractivity contribution in [1.29, 1.82) is 0 Å². The summed E-state index contributed by atoms with van der Waals surface area (Å²) in [4.78, 5) is 19.5. The predicted octanol–water partition coefficient (Wildman–Crippen LogP) is 3.40. The number of benzene rings is 1. The lowest BCUT2D eigenvalue weighted by atomic mass is 10.1. The Morgan fingerprint density at radius 2 is 2.04 bits per heavy atom. The molecule has 0 atom stereocenters. The molecule has 2 N–H and O–H groups in total. The third-order valence-electron chi connectivity index (χ3n) is 3.72. The number of aromatic amines is 1. The van der Waals surface area contributed by atoms with Crippen molar-refractivity contribution in [3.05, 3.63) is 66.5 Å². The zero-order valence-corrected chi connectivity index (χ0v) is 12.7. The van der Waals surface area contributed by atoms with Gasteiger partial charge >= 0.3 is 0 Å². The number of pyridine rings is 1. The van der Waals surface area contributed by atoms with E-state index >= 15 is 0 Å². The van der Waals surface area contributed by atoms with Gasteiger partial charge in [-0.1, -0.05) is 35.5 Å². The third-order valence-corrected chi connectivity index (χ3v) is 3.72. The van der Waals surface area contributed by atoms with Gasteiger partial charge < -0.3 is 14.8 Å². The molecule has 0 saturated carbocycles. The van der Waals surface area contributed by atoms with Crippen LogP contribution in [0.1, 0.15) is 5.56 Å². The van der Waals surface area contributed by atoms with Gasteiger partial charge in [0.2, 0.25) is 5.91 Å². The van der Waals surface area contributed by atoms with Crippen LogP contribution in [-0.2, 0) is 11.2 Å². The van der Waals surface area contributed by atoms with Crippen molar-refractivity contribution >= 4 is 22.8 Å². The first-order valence-electron chi connectivity index (χ1n) is 7.52. The highest BCUT2D eigenvalue weighted by Gasteiger charge is 2.12. The largest absolute Gasteiger partial charge is 0.354 e. The number of nitrogens with zero attached hydrogens (tertiary/aromatic N) is 2. The van der Waals surface area contributed by atoms with E-state index < -0.39 is 0 Å². The summed E-state index contributed by atoms with van der Waals surface area (Å²) in [6.45, 7) is 0. The lowest BCUT2D eigenvalue weighted by Crippen LogP contribution is -2.14. The molecule has 1 amide bonds. The maximum Gasteiger partial charge on any atom is 0.230 e. The van der Waals surface area contributed by atoms with Crippen molar-refractivity contribution in [1.82, 2.24) is 15.1 Å². The molecule has 118 valence electrons. The van der Waals surface area contributed by atoms with E-state index in [1.54, 1.807) is 18.5 Å². The summed E-state index contributed by atoms with van der Waals surface area (Å²) in [6.07, 6.45) is 3.75. The van der Waals surface area contributed by atoms with Crippen LogP contribution in [0.3, 0.4) is 0 Å². The Labute approximate surface area is 137 Å². The van der Waals surface area contributed by atoms with Gasteiger partial charge in [-0.15, -0.1) is 0 Å². The summed E-state index contributed by atoms with van der Waals surface area (Å²) in [5.74, 6) is 0.853. The highest BCUT2D eigenvalue weighted by molar-refractivity contribution is 5.94. The molecule has 3 heterocycles. The van der Waals surface area contributed by atoms with Gasteiger partial charge in [0.1, 0.15) is 5.65 Å². The van der Waals surface area contributed by atoms with Crippen LogP contribution in [0, 0.1) is 0 Å². The summed E-state index contributed by atoms with van der Waals surface area (Å²) < 4.78 is 5.28. The molecule has 0 spiro atoms. The van der Waals surface area contributed by atoms with Gasteiger partial charge in [-0.25, -0.2) is 4.98 Å². The first-order valence-corrected chi connectivity index (χ1v) is 7.52. The molecule has 6 nitrogen and oxygen atoms in total. The van der Waals surface area contributed by atoms with Crippen LogP contribution in [0.2, 0.25) is 0 Å². The third kappa shape index (κ3) is 2.77. The summed E-state index contributed by atoms with van der Waals surface area (Å²) >= 11 is 0. The molecule has 0 aliphatic rings. The van der Waals surface area contributed by atoms with Crippen LogP contribution < -0.4 is 5.32 Å². The molecule has 3 aromatic heterocycles. The fourth-order valence-electron chi connectivity index (χ4n) is 2.59. The summed E-state index contributed by atoms with van der Waals surface area (Å²) in [5.41, 5.74) is 2.57. The quantitative estimate of drug-likeness (QED) is 0.604. The van der Waals surface area contributed by atoms with Crippen molar-refractivity contribution in [2.24, 2.45) is 0 Å². The van der Waals surface area contributed by atoms with Crippen LogP contribution in [0.25, 0.3) is 22.4 Å². The van der Waals surface area contributed by atoms with Crippen molar-refractivity contribution in [2.45, 2.75) is 6.42 Å². The average molecular weight is 318 g/mol. The number of carbonyl (C=O) groups excluding carboxylic acids is 1. The number of anilines is 1. The molecular weight excluding hydrogens is 304 g/mol. The van der Waals surface area contributed by atoms with Crippen molar-refractivity contribution in [3.8, 4) is 11.3 Å². The molecule has 1 aromatic carbocycles. The molecule has 0 aliphatic carbocycles. The number of H-pyrrole nitrogens is 1. The normalized spacial score (nSPS) is 10.8. The highest BCUT2D eigenvalue weighted by atomic mass is 16.5. The van der Waals surface area contributed by atoms with Gasteiger partial charge in [0.25, 0.3) is 0 Å². The molecule has 0 saturated heterocycles. The molecule has 6 heteroatoms. The molecule has 0 aliphatic heterocycles. The van der Waals surface area contributed by atoms with E-state index in [0.29, 0.717) is 11.6 Å². The van der Waals surface area contributed by atoms with E-state index in [1.165, 1.54) is 0 Å². The van der Waals surface area contributed by atoms with Crippen molar-refractivity contribution in [3.63, 3.8) is 0 Å². The standard InChI is InChI=1S/C18H14N4O2/c23-17(9-13-11-20-18-14(13)7-4-8-19-18)21-16-10-15(24-22-16)12-5-2-1-3-6-12/h1-8,10-11H,9H2,(H,19,20)(H,21,22,23). The number of amides is 1. The Balaban J connectivity index is 1.48. The Morgan fingerprint density at radius 1 is 1.17 bits per heavy atom. The van der Waals surface area contributed by atoms with Gasteiger partial charge in [0.05, 0.1) is 6.42 Å². The SMILES string of the molecule is O=C(Cc1c[nH]c2ncccc12)Nc1cc(-c2ccccc2)on1. The van der Waals surface area contributed by atoms with Crippen LogP contribution >= 0.6 is 0 Å². The predicted molar refractivity (Wildman–Crippen MR) is 90.4 cm³/mol. The molecule has 4 aromatic rings. The number of aromatic nitrogens is 3. The van der Waals surface area contributed by atoms with Gasteiger partial charge in [-0.05, 0) is 17.7 Å². The fourth-order valence-corrected chi connectivity index (χ4v) is 2.59. The Hall–Kier alpha value is -3.41. The molecular formula is C18H14N4O2. The fraction of sp³-hybridized carbons (Fsp3) is 0.0556. The Kier molecular flexibility index (Phi) is 3.55. The minimum absolute atomic E-state index is 0.160. The lowest BCUT2D eigenvalue weighted by molar-refractivity contribution is -0.115. The smallest absolute Gasteiger partial charge is 0.230 e. The second-order valence-electron chi connectivity index (χ2n) is 5.38. The Morgan fingerprint density at radius 3 is 2.92 bits per heavy atom. The van der Waals surface area contributed by atoms with Crippen LogP contribution in [0.15, 0.2) is 65.4 Å². The zero-order valence-electron chi connectivity index (χ0n) is 12.7. The van der Waals surface area contributed by atoms with Gasteiger partial charge in [-0.2, -0.15) is 0 Å². The number of nitrogens with one attached hydrogen (secondary N) is 2. The Bertz CT molecular complexity index is 988. The van der Waals surface area contributed by atoms with E-state index in [0.717, 1.165) is 22.2 Å². The summed E-state index contributed by atoms with van der Waals surface area (Å²) in [6, 6.07) is 15.1. The van der Waals surface area contributed by atoms with Crippen LogP contribution in [-0.4, -0.2) is 21.0 Å². The molecule has 0 unspecified atom stereocenters. The minimum Gasteiger partial charge on any atom is -0.354 e. The number of rotatable bonds is 4. The summed E-state index contributed by atoms with van der Waals surface area (Å²) in [7, 11) is 0. The zero-order chi connectivity index (χ0) is 16.4. The number of hydrogen-bond acceptors (Lipinski definition) is 4. The maximum atomic E-state index is 12.2. The molecule has 24 heavy (non-hydrogen) atoms. The minimum atomic E-state index is -0.160. The second kappa shape index (κ2) is 6.00. The van der Waals surface area contributed by atoms with Gasteiger partial charge in [0.15, 0.2) is 11.6 Å². The van der Waals surface area contributed by atoms with Crippen molar-refractivity contribution in [2.75, 3.05) is 5.32 Å². The monoisotopic (exact) mass is 318 g/mol. The number of fused-ring (bicyclic) bond motifs is 1. The number of hydrogen-bond donors (Lipinski definition) is 2. The van der Waals surface area contributed by atoms with Crippen molar-refractivity contribution < 1.29 is 9.32 Å². The highest BCUT2D eigenvalue weighted by Crippen LogP contribution is 2.22. The second-order valence-corrected chi connectivity index (χ2v) is 5.38. The number of carbonyl (C=O) groups is 1. The van der Waals surface area contributed by atoms with E-state index in [9.17, 15) is 4.79 Å². The van der Waals surface area contributed by atoms with Gasteiger partial charge in [0, 0.05) is 29.4 Å². The average Bonchev–Trinajstić information content (AvgIpc) is 3.23. The molecule has 0 radical (unpaired) electrons. The van der Waals surface area contributed by atoms with Crippen LogP contribution in [0.5, 0.6) is 0 Å². The summed E-state index contributed by atoms with van der Waals surface area (Å²) in [5, 5.41) is 7.60. The molecule has 0 bridgehead atoms. The lowest BCUT2D eigenvalue weighted by Gasteiger charge is -2.00. The topological polar surface area (TPSA) is 83.8 Å². The molecule has 0 fully saturated rings. The molecule has 4 rings (SSSR count). The first kappa shape index (κ1) is 14.2. The van der Waals surface area contributed by atoms with E-state index in [2.05, 4.69) is 20.4 Å². The van der Waals surface area contributed by atoms with Crippen LogP contribution in [0.4, 0.5) is 5.82 Å². The van der Waals surface area contributed by atoms with Gasteiger partial charge in [-0.3, -0.25) is 4.79 Å². The van der Waals surface area contributed by atoms with E-state index in [-0.39, 0.29) is 12.3 Å². The first-order chi connectivity index (χ1) is 11.8.